The van der Waals surface area contributed by atoms with Crippen molar-refractivity contribution in [2.45, 2.75) is 115 Å². The van der Waals surface area contributed by atoms with Gasteiger partial charge in [0.25, 0.3) is 0 Å². The SMILES string of the molecule is CC(=O)OC[C@]12[C@H](OC(C)=O)[C@@H](OC(C)=O)[C@@H]3[C@@H](OC(=O)c4ccccc4)[C@@]14O[C@@]3(C)COC(=O)c1cccnc1CC[C@H](C)C(=O)O[C@@H]([C@@H](OC(C)=O)[C@H]2OC(=O)c1ccccc1)[C@]4(C)O. The molecule has 19 nitrogen and oxygen atoms in total. The monoisotopic (exact) mass is 929 g/mol. The van der Waals surface area contributed by atoms with Crippen LogP contribution in [0.15, 0.2) is 79.0 Å². The first kappa shape index (κ1) is 48.2. The summed E-state index contributed by atoms with van der Waals surface area (Å²) in [5.74, 6) is -10.9. The lowest BCUT2D eigenvalue weighted by Gasteiger charge is -2.67. The lowest BCUT2D eigenvalue weighted by Crippen LogP contribution is -2.89. The van der Waals surface area contributed by atoms with Gasteiger partial charge >= 0.3 is 47.8 Å². The van der Waals surface area contributed by atoms with Crippen LogP contribution in [-0.4, -0.2) is 124 Å². The molecular weight excluding hydrogens is 879 g/mol. The minimum absolute atomic E-state index is 0.0137. The molecule has 0 unspecified atom stereocenters. The maximum absolute atomic E-state index is 14.6. The van der Waals surface area contributed by atoms with Gasteiger partial charge in [-0.25, -0.2) is 14.4 Å². The second-order valence-electron chi connectivity index (χ2n) is 17.6. The summed E-state index contributed by atoms with van der Waals surface area (Å²) in [5, 5.41) is 13.9. The second-order valence-corrected chi connectivity index (χ2v) is 17.6. The van der Waals surface area contributed by atoms with Crippen molar-refractivity contribution in [2.24, 2.45) is 17.3 Å². The van der Waals surface area contributed by atoms with Crippen molar-refractivity contribution in [1.82, 2.24) is 4.98 Å². The molecule has 19 heteroatoms. The zero-order chi connectivity index (χ0) is 48.6. The molecule has 0 radical (unpaired) electrons. The van der Waals surface area contributed by atoms with Crippen LogP contribution in [-0.2, 0) is 73.0 Å². The van der Waals surface area contributed by atoms with Crippen LogP contribution in [0.3, 0.4) is 0 Å². The second kappa shape index (κ2) is 18.5. The molecule has 1 aromatic heterocycles. The van der Waals surface area contributed by atoms with Crippen LogP contribution in [0.1, 0.15) is 91.7 Å². The van der Waals surface area contributed by atoms with Gasteiger partial charge in [0.1, 0.15) is 42.0 Å². The summed E-state index contributed by atoms with van der Waals surface area (Å²) in [7, 11) is 0. The number of cyclic esters (lactones) is 1. The van der Waals surface area contributed by atoms with Gasteiger partial charge in [0, 0.05) is 33.9 Å². The number of aryl methyl sites for hydroxylation is 1. The Labute approximate surface area is 384 Å². The number of esters is 8. The zero-order valence-electron chi connectivity index (χ0n) is 37.8. The molecule has 3 fully saturated rings. The summed E-state index contributed by atoms with van der Waals surface area (Å²) in [6.07, 6.45) is -10.9. The van der Waals surface area contributed by atoms with Gasteiger partial charge in [-0.1, -0.05) is 43.3 Å². The topological polar surface area (TPSA) is 253 Å². The number of rotatable bonds is 9. The number of hydrogen-bond acceptors (Lipinski definition) is 19. The summed E-state index contributed by atoms with van der Waals surface area (Å²) in [5.41, 5.74) is -10.5. The zero-order valence-corrected chi connectivity index (χ0v) is 37.8. The van der Waals surface area contributed by atoms with E-state index < -0.39 is 132 Å². The van der Waals surface area contributed by atoms with E-state index in [4.69, 9.17) is 42.6 Å². The Morgan fingerprint density at radius 3 is 1.84 bits per heavy atom. The van der Waals surface area contributed by atoms with E-state index in [-0.39, 0.29) is 35.2 Å². The van der Waals surface area contributed by atoms with Crippen molar-refractivity contribution in [3.63, 3.8) is 0 Å². The first-order chi connectivity index (χ1) is 31.7. The van der Waals surface area contributed by atoms with Crippen molar-refractivity contribution < 1.29 is 86.1 Å². The van der Waals surface area contributed by atoms with Gasteiger partial charge in [-0.3, -0.25) is 29.0 Å². The first-order valence-corrected chi connectivity index (χ1v) is 21.6. The molecule has 1 saturated heterocycles. The van der Waals surface area contributed by atoms with Gasteiger partial charge in [0.15, 0.2) is 30.0 Å². The highest BCUT2D eigenvalue weighted by atomic mass is 16.7. The molecule has 1 N–H and O–H groups in total. The summed E-state index contributed by atoms with van der Waals surface area (Å²) < 4.78 is 56.5. The number of aliphatic hydroxyl groups is 1. The Hall–Kier alpha value is -6.73. The maximum Gasteiger partial charge on any atom is 0.340 e. The van der Waals surface area contributed by atoms with Crippen molar-refractivity contribution in [2.75, 3.05) is 13.2 Å². The molecular formula is C48H51NO18. The molecule has 67 heavy (non-hydrogen) atoms. The summed E-state index contributed by atoms with van der Waals surface area (Å²) >= 11 is 0. The van der Waals surface area contributed by atoms with Crippen LogP contribution in [0, 0.1) is 17.3 Å². The van der Waals surface area contributed by atoms with Crippen molar-refractivity contribution in [3.8, 4) is 0 Å². The molecule has 2 aliphatic carbocycles. The van der Waals surface area contributed by atoms with E-state index >= 15 is 0 Å². The largest absolute Gasteiger partial charge is 0.465 e. The number of aromatic nitrogens is 1. The molecule has 2 saturated carbocycles. The highest BCUT2D eigenvalue weighted by molar-refractivity contribution is 5.91. The Balaban J connectivity index is 1.64. The maximum atomic E-state index is 14.6. The van der Waals surface area contributed by atoms with Gasteiger partial charge in [-0.15, -0.1) is 0 Å². The number of benzene rings is 2. The lowest BCUT2D eigenvalue weighted by atomic mass is 9.45. The average molecular weight is 930 g/mol. The Bertz CT molecular complexity index is 2440. The third-order valence-electron chi connectivity index (χ3n) is 13.0. The Kier molecular flexibility index (Phi) is 13.3. The summed E-state index contributed by atoms with van der Waals surface area (Å²) in [4.78, 5) is 116. The standard InChI is InChI=1S/C48H51NO18/c1-25-20-21-33-32(19-14-22-49-33)44(57)60-23-45(6)34-35(61-27(3)51)39(63-29(5)53)47(24-59-26(2)50)40(66-43(56)31-17-12-9-13-18-31)36(62-28(4)52)38(65-41(25)54)46(7,58)48(47,67-45)37(34)64-42(55)30-15-10-8-11-16-30/h8-19,22,25,34-40,58H,20-21,23-24H2,1-7H3/t25-,34+,35-,36+,37+,38-,39+,40+,45-,46-,47+,48-/m0/s1. The minimum Gasteiger partial charge on any atom is -0.465 e. The first-order valence-electron chi connectivity index (χ1n) is 21.6. The van der Waals surface area contributed by atoms with E-state index in [0.717, 1.165) is 34.6 Å². The minimum atomic E-state index is -2.90. The average Bonchev–Trinajstić information content (AvgIpc) is 3.51. The molecule has 3 heterocycles. The van der Waals surface area contributed by atoms with E-state index in [1.807, 2.05) is 0 Å². The van der Waals surface area contributed by atoms with Gasteiger partial charge in [0.05, 0.1) is 34.2 Å². The molecule has 4 aliphatic rings. The number of hydrogen-bond donors (Lipinski definition) is 1. The van der Waals surface area contributed by atoms with E-state index in [1.54, 1.807) is 24.3 Å². The third kappa shape index (κ3) is 8.50. The quantitative estimate of drug-likeness (QED) is 0.238. The van der Waals surface area contributed by atoms with E-state index in [1.165, 1.54) is 68.6 Å². The smallest absolute Gasteiger partial charge is 0.340 e. The number of carbonyl (C=O) groups excluding carboxylic acids is 8. The third-order valence-corrected chi connectivity index (χ3v) is 13.0. The predicted octanol–water partition coefficient (Wildman–Crippen LogP) is 3.45. The van der Waals surface area contributed by atoms with Crippen molar-refractivity contribution >= 4 is 47.8 Å². The van der Waals surface area contributed by atoms with Crippen LogP contribution >= 0.6 is 0 Å². The Morgan fingerprint density at radius 2 is 1.27 bits per heavy atom. The molecule has 7 rings (SSSR count). The van der Waals surface area contributed by atoms with E-state index in [2.05, 4.69) is 4.98 Å². The lowest BCUT2D eigenvalue weighted by molar-refractivity contribution is -0.385. The normalized spacial score (nSPS) is 33.2. The summed E-state index contributed by atoms with van der Waals surface area (Å²) in [6.45, 7) is 6.13. The van der Waals surface area contributed by atoms with Crippen LogP contribution in [0.2, 0.25) is 0 Å². The van der Waals surface area contributed by atoms with Gasteiger partial charge in [-0.05, 0) is 63.1 Å². The highest BCUT2D eigenvalue weighted by Gasteiger charge is 2.92. The molecule has 4 bridgehead atoms. The van der Waals surface area contributed by atoms with Crippen LogP contribution in [0.4, 0.5) is 0 Å². The van der Waals surface area contributed by atoms with Gasteiger partial charge < -0.3 is 47.7 Å². The summed E-state index contributed by atoms with van der Waals surface area (Å²) in [6, 6.07) is 17.9. The number of ether oxygens (including phenoxy) is 9. The molecule has 3 aromatic rings. The van der Waals surface area contributed by atoms with E-state index in [9.17, 15) is 43.5 Å². The van der Waals surface area contributed by atoms with E-state index in [0.29, 0.717) is 0 Å². The van der Waals surface area contributed by atoms with Crippen LogP contribution in [0.5, 0.6) is 0 Å². The van der Waals surface area contributed by atoms with Crippen molar-refractivity contribution in [1.29, 1.82) is 0 Å². The molecule has 1 spiro atoms. The Morgan fingerprint density at radius 1 is 0.716 bits per heavy atom. The van der Waals surface area contributed by atoms with Crippen LogP contribution in [0.25, 0.3) is 0 Å². The van der Waals surface area contributed by atoms with Gasteiger partial charge in [-0.2, -0.15) is 0 Å². The number of fused-ring (bicyclic) bond motifs is 5. The van der Waals surface area contributed by atoms with Crippen LogP contribution < -0.4 is 0 Å². The molecule has 2 aliphatic heterocycles. The molecule has 2 aromatic carbocycles. The number of pyridine rings is 1. The predicted molar refractivity (Wildman–Crippen MR) is 225 cm³/mol. The fraction of sp³-hybridized carbons (Fsp3) is 0.479. The molecule has 12 atom stereocenters. The highest BCUT2D eigenvalue weighted by Crippen LogP contribution is 2.70. The fourth-order valence-corrected chi connectivity index (χ4v) is 10.3. The van der Waals surface area contributed by atoms with Gasteiger partial charge in [0.2, 0.25) is 0 Å². The van der Waals surface area contributed by atoms with Crippen molar-refractivity contribution in [3.05, 3.63) is 101 Å². The number of nitrogens with zero attached hydrogens (tertiary/aromatic N) is 1. The molecule has 0 amide bonds. The number of carbonyl (C=O) groups is 8. The molecule has 356 valence electrons. The fourth-order valence-electron chi connectivity index (χ4n) is 10.3.